The van der Waals surface area contributed by atoms with Crippen LogP contribution in [0.2, 0.25) is 5.02 Å². The summed E-state index contributed by atoms with van der Waals surface area (Å²) >= 11 is 5.84. The maximum atomic E-state index is 12.2. The molecule has 0 spiro atoms. The molecule has 0 atom stereocenters. The molecule has 0 heterocycles. The van der Waals surface area contributed by atoms with Gasteiger partial charge in [-0.05, 0) is 48.2 Å². The molecule has 0 aromatic heterocycles. The quantitative estimate of drug-likeness (QED) is 0.719. The fraction of sp³-hybridized carbons (Fsp3) is 0.150. The van der Waals surface area contributed by atoms with Crippen LogP contribution in [0.15, 0.2) is 60.7 Å². The molecule has 3 rings (SSSR count). The standard InChI is InChI=1S/C20H19ClN2O2/c1-23(13-20(25)22-16-9-7-15(21)8-10-16)12-18-17-5-3-2-4-14(17)6-11-19(18)24/h2-11,24H,12-13H2,1H3,(H,22,25). The lowest BCUT2D eigenvalue weighted by molar-refractivity contribution is -0.117. The fourth-order valence-electron chi connectivity index (χ4n) is 2.80. The summed E-state index contributed by atoms with van der Waals surface area (Å²) in [5.41, 5.74) is 1.52. The van der Waals surface area contributed by atoms with Crippen LogP contribution in [0.5, 0.6) is 5.75 Å². The maximum absolute atomic E-state index is 12.2. The van der Waals surface area contributed by atoms with Gasteiger partial charge in [0.15, 0.2) is 0 Å². The maximum Gasteiger partial charge on any atom is 0.238 e. The van der Waals surface area contributed by atoms with E-state index in [9.17, 15) is 9.90 Å². The zero-order valence-electron chi connectivity index (χ0n) is 13.9. The summed E-state index contributed by atoms with van der Waals surface area (Å²) in [4.78, 5) is 14.1. The number of hydrogen-bond acceptors (Lipinski definition) is 3. The van der Waals surface area contributed by atoms with Crippen LogP contribution in [-0.4, -0.2) is 29.5 Å². The molecule has 0 fully saturated rings. The molecule has 0 aliphatic heterocycles. The Bertz CT molecular complexity index is 894. The third kappa shape index (κ3) is 4.29. The zero-order valence-corrected chi connectivity index (χ0v) is 14.6. The van der Waals surface area contributed by atoms with Crippen molar-refractivity contribution in [2.45, 2.75) is 6.54 Å². The number of carbonyl (C=O) groups is 1. The minimum atomic E-state index is -0.121. The van der Waals surface area contributed by atoms with Crippen LogP contribution in [0, 0.1) is 0 Å². The molecule has 1 amide bonds. The Morgan fingerprint density at radius 2 is 1.80 bits per heavy atom. The molecule has 5 heteroatoms. The van der Waals surface area contributed by atoms with Crippen LogP contribution in [0.3, 0.4) is 0 Å². The molecule has 0 radical (unpaired) electrons. The number of anilines is 1. The van der Waals surface area contributed by atoms with E-state index in [4.69, 9.17) is 11.6 Å². The summed E-state index contributed by atoms with van der Waals surface area (Å²) in [6, 6.07) is 18.5. The van der Waals surface area contributed by atoms with E-state index in [0.29, 0.717) is 17.3 Å². The second kappa shape index (κ2) is 7.55. The zero-order chi connectivity index (χ0) is 17.8. The number of rotatable bonds is 5. The Labute approximate surface area is 151 Å². The highest BCUT2D eigenvalue weighted by atomic mass is 35.5. The molecule has 0 unspecified atom stereocenters. The Hall–Kier alpha value is -2.56. The number of carbonyl (C=O) groups excluding carboxylic acids is 1. The van der Waals surface area contributed by atoms with Crippen molar-refractivity contribution in [2.24, 2.45) is 0 Å². The number of aromatic hydroxyl groups is 1. The van der Waals surface area contributed by atoms with Gasteiger partial charge in [-0.3, -0.25) is 9.69 Å². The van der Waals surface area contributed by atoms with Gasteiger partial charge in [-0.1, -0.05) is 41.9 Å². The van der Waals surface area contributed by atoms with Crippen molar-refractivity contribution in [2.75, 3.05) is 18.9 Å². The number of phenols is 1. The van der Waals surface area contributed by atoms with Gasteiger partial charge in [-0.2, -0.15) is 0 Å². The summed E-state index contributed by atoms with van der Waals surface area (Å²) in [5, 5.41) is 15.7. The summed E-state index contributed by atoms with van der Waals surface area (Å²) in [5.74, 6) is 0.119. The molecular weight excluding hydrogens is 336 g/mol. The van der Waals surface area contributed by atoms with Crippen molar-refractivity contribution < 1.29 is 9.90 Å². The number of hydrogen-bond donors (Lipinski definition) is 2. The number of nitrogens with one attached hydrogen (secondary N) is 1. The van der Waals surface area contributed by atoms with Crippen LogP contribution in [-0.2, 0) is 11.3 Å². The number of benzene rings is 3. The molecule has 3 aromatic carbocycles. The number of phenolic OH excluding ortho intramolecular Hbond substituents is 1. The van der Waals surface area contributed by atoms with E-state index in [1.54, 1.807) is 30.3 Å². The van der Waals surface area contributed by atoms with Gasteiger partial charge in [0.25, 0.3) is 0 Å². The summed E-state index contributed by atoms with van der Waals surface area (Å²) < 4.78 is 0. The molecular formula is C20H19ClN2O2. The first kappa shape index (κ1) is 17.3. The minimum Gasteiger partial charge on any atom is -0.508 e. The molecule has 0 bridgehead atoms. The van der Waals surface area contributed by atoms with Gasteiger partial charge in [-0.25, -0.2) is 0 Å². The monoisotopic (exact) mass is 354 g/mol. The normalized spacial score (nSPS) is 11.0. The SMILES string of the molecule is CN(CC(=O)Nc1ccc(Cl)cc1)Cc1c(O)ccc2ccccc12. The van der Waals surface area contributed by atoms with Gasteiger partial charge >= 0.3 is 0 Å². The van der Waals surface area contributed by atoms with Crippen molar-refractivity contribution in [1.29, 1.82) is 0 Å². The van der Waals surface area contributed by atoms with Crippen molar-refractivity contribution in [1.82, 2.24) is 4.90 Å². The molecule has 3 aromatic rings. The van der Waals surface area contributed by atoms with Gasteiger partial charge < -0.3 is 10.4 Å². The highest BCUT2D eigenvalue weighted by Gasteiger charge is 2.12. The van der Waals surface area contributed by atoms with E-state index in [0.717, 1.165) is 16.3 Å². The molecule has 0 saturated carbocycles. The lowest BCUT2D eigenvalue weighted by Gasteiger charge is -2.18. The van der Waals surface area contributed by atoms with Crippen LogP contribution >= 0.6 is 11.6 Å². The number of nitrogens with zero attached hydrogens (tertiary/aromatic N) is 1. The number of amides is 1. The molecule has 0 aliphatic rings. The Kier molecular flexibility index (Phi) is 5.22. The second-order valence-corrected chi connectivity index (χ2v) is 6.45. The Balaban J connectivity index is 1.68. The van der Waals surface area contributed by atoms with Crippen molar-refractivity contribution >= 4 is 34.0 Å². The third-order valence-electron chi connectivity index (χ3n) is 3.99. The molecule has 128 valence electrons. The highest BCUT2D eigenvalue weighted by molar-refractivity contribution is 6.30. The number of halogens is 1. The summed E-state index contributed by atoms with van der Waals surface area (Å²) in [6.45, 7) is 0.687. The molecule has 0 saturated heterocycles. The molecule has 4 nitrogen and oxygen atoms in total. The predicted molar refractivity (Wildman–Crippen MR) is 102 cm³/mol. The van der Waals surface area contributed by atoms with Crippen molar-refractivity contribution in [3.63, 3.8) is 0 Å². The van der Waals surface area contributed by atoms with E-state index < -0.39 is 0 Å². The molecule has 2 N–H and O–H groups in total. The number of fused-ring (bicyclic) bond motifs is 1. The summed E-state index contributed by atoms with van der Waals surface area (Å²) in [6.07, 6.45) is 0. The average Bonchev–Trinajstić information content (AvgIpc) is 2.59. The molecule has 25 heavy (non-hydrogen) atoms. The van der Waals surface area contributed by atoms with Gasteiger partial charge in [0.1, 0.15) is 5.75 Å². The Morgan fingerprint density at radius 1 is 1.08 bits per heavy atom. The highest BCUT2D eigenvalue weighted by Crippen LogP contribution is 2.28. The first-order chi connectivity index (χ1) is 12.0. The van der Waals surface area contributed by atoms with Crippen molar-refractivity contribution in [3.05, 3.63) is 71.2 Å². The first-order valence-electron chi connectivity index (χ1n) is 7.96. The van der Waals surface area contributed by atoms with Gasteiger partial charge in [0, 0.05) is 22.8 Å². The second-order valence-electron chi connectivity index (χ2n) is 6.01. The first-order valence-corrected chi connectivity index (χ1v) is 8.34. The van der Waals surface area contributed by atoms with Gasteiger partial charge in [0.2, 0.25) is 5.91 Å². The topological polar surface area (TPSA) is 52.6 Å². The summed E-state index contributed by atoms with van der Waals surface area (Å²) in [7, 11) is 1.85. The predicted octanol–water partition coefficient (Wildman–Crippen LogP) is 4.27. The lowest BCUT2D eigenvalue weighted by Crippen LogP contribution is -2.29. The largest absolute Gasteiger partial charge is 0.508 e. The van der Waals surface area contributed by atoms with E-state index in [2.05, 4.69) is 5.32 Å². The van der Waals surface area contributed by atoms with E-state index >= 15 is 0 Å². The minimum absolute atomic E-state index is 0.121. The van der Waals surface area contributed by atoms with Crippen LogP contribution < -0.4 is 5.32 Å². The third-order valence-corrected chi connectivity index (χ3v) is 4.24. The number of likely N-dealkylation sites (N-methyl/N-ethyl adjacent to an activating group) is 1. The molecule has 0 aliphatic carbocycles. The van der Waals surface area contributed by atoms with Crippen LogP contribution in [0.1, 0.15) is 5.56 Å². The average molecular weight is 355 g/mol. The van der Waals surface area contributed by atoms with Crippen LogP contribution in [0.25, 0.3) is 10.8 Å². The smallest absolute Gasteiger partial charge is 0.238 e. The van der Waals surface area contributed by atoms with Gasteiger partial charge in [0.05, 0.1) is 6.54 Å². The van der Waals surface area contributed by atoms with E-state index in [1.807, 2.05) is 42.3 Å². The Morgan fingerprint density at radius 3 is 2.56 bits per heavy atom. The van der Waals surface area contributed by atoms with E-state index in [1.165, 1.54) is 0 Å². The van der Waals surface area contributed by atoms with E-state index in [-0.39, 0.29) is 18.2 Å². The fourth-order valence-corrected chi connectivity index (χ4v) is 2.92. The van der Waals surface area contributed by atoms with Crippen molar-refractivity contribution in [3.8, 4) is 5.75 Å². The lowest BCUT2D eigenvalue weighted by atomic mass is 10.0. The van der Waals surface area contributed by atoms with Crippen LogP contribution in [0.4, 0.5) is 5.69 Å². The van der Waals surface area contributed by atoms with Gasteiger partial charge in [-0.15, -0.1) is 0 Å².